The molecule has 2 N–H and O–H groups in total. The number of hydrogen-bond donors (Lipinski definition) is 2. The Morgan fingerprint density at radius 3 is 2.63 bits per heavy atom. The minimum absolute atomic E-state index is 0. The molecule has 4 rings (SSSR count). The van der Waals surface area contributed by atoms with E-state index in [-0.39, 0.29) is 24.0 Å². The molecule has 2 heterocycles. The molecule has 0 radical (unpaired) electrons. The maximum absolute atomic E-state index is 5.79. The van der Waals surface area contributed by atoms with Crippen molar-refractivity contribution in [2.75, 3.05) is 43.1 Å². The number of aliphatic imine (C=N–C) groups is 1. The Morgan fingerprint density at radius 2 is 1.83 bits per heavy atom. The summed E-state index contributed by atoms with van der Waals surface area (Å²) in [6.45, 7) is 6.77. The van der Waals surface area contributed by atoms with Gasteiger partial charge in [-0.1, -0.05) is 24.3 Å². The summed E-state index contributed by atoms with van der Waals surface area (Å²) in [4.78, 5) is 7.11. The maximum atomic E-state index is 5.79. The fourth-order valence-electron chi connectivity index (χ4n) is 3.40. The molecule has 0 saturated carbocycles. The summed E-state index contributed by atoms with van der Waals surface area (Å²) >= 11 is 0. The smallest absolute Gasteiger partial charge is 0.196 e. The molecule has 6 nitrogen and oxygen atoms in total. The van der Waals surface area contributed by atoms with E-state index in [1.54, 1.807) is 0 Å². The Morgan fingerprint density at radius 1 is 1.03 bits per heavy atom. The number of fused-ring (bicyclic) bond motifs is 1. The first-order chi connectivity index (χ1) is 14.3. The van der Waals surface area contributed by atoms with E-state index in [2.05, 4.69) is 58.9 Å². The van der Waals surface area contributed by atoms with Crippen molar-refractivity contribution in [3.05, 3.63) is 60.2 Å². The zero-order chi connectivity index (χ0) is 19.9. The van der Waals surface area contributed by atoms with Crippen molar-refractivity contribution in [2.45, 2.75) is 19.9 Å². The van der Waals surface area contributed by atoms with Crippen LogP contribution in [0.15, 0.2) is 59.6 Å². The van der Waals surface area contributed by atoms with Gasteiger partial charge in [0.2, 0.25) is 0 Å². The Hall–Kier alpha value is -2.42. The van der Waals surface area contributed by atoms with Crippen LogP contribution in [-0.4, -0.2) is 38.8 Å². The lowest BCUT2D eigenvalue weighted by Gasteiger charge is -2.18. The highest BCUT2D eigenvalue weighted by Gasteiger charge is 2.12. The van der Waals surface area contributed by atoms with Crippen molar-refractivity contribution < 1.29 is 9.47 Å². The summed E-state index contributed by atoms with van der Waals surface area (Å²) in [7, 11) is 0. The predicted octanol–water partition coefficient (Wildman–Crippen LogP) is 4.42. The summed E-state index contributed by atoms with van der Waals surface area (Å²) in [6.07, 6.45) is 5.30. The number of benzene rings is 2. The van der Waals surface area contributed by atoms with Gasteiger partial charge in [0, 0.05) is 43.5 Å². The molecule has 2 aliphatic heterocycles. The summed E-state index contributed by atoms with van der Waals surface area (Å²) in [5.74, 6) is 2.31. The van der Waals surface area contributed by atoms with E-state index in [0.29, 0.717) is 19.8 Å². The molecule has 0 saturated heterocycles. The Labute approximate surface area is 195 Å². The highest BCUT2D eigenvalue weighted by molar-refractivity contribution is 14.0. The first kappa shape index (κ1) is 22.3. The second-order valence-electron chi connectivity index (χ2n) is 7.08. The molecule has 2 aliphatic rings. The van der Waals surface area contributed by atoms with E-state index in [0.717, 1.165) is 49.2 Å². The van der Waals surface area contributed by atoms with Gasteiger partial charge in [-0.2, -0.15) is 0 Å². The standard InChI is InChI=1S/C23H28N4O2.HI/c1-2-24-23(26-19-9-10-21-22(16-19)29-14-6-13-28-21)25-17-18-7-5-8-20(15-18)27-11-3-4-12-27;/h3-5,7-10,15-16H,2,6,11-14,17H2,1H3,(H2,24,25,26);1H. The molecule has 30 heavy (non-hydrogen) atoms. The molecule has 0 bridgehead atoms. The molecule has 0 aromatic heterocycles. The molecule has 160 valence electrons. The lowest BCUT2D eigenvalue weighted by Crippen LogP contribution is -2.30. The maximum Gasteiger partial charge on any atom is 0.196 e. The van der Waals surface area contributed by atoms with Crippen LogP contribution in [0.1, 0.15) is 18.9 Å². The Balaban J connectivity index is 0.00000256. The van der Waals surface area contributed by atoms with Crippen molar-refractivity contribution >= 4 is 41.3 Å². The molecular weight excluding hydrogens is 491 g/mol. The van der Waals surface area contributed by atoms with Crippen LogP contribution in [0.5, 0.6) is 11.5 Å². The lowest BCUT2D eigenvalue weighted by molar-refractivity contribution is 0.297. The van der Waals surface area contributed by atoms with E-state index >= 15 is 0 Å². The normalized spacial score (nSPS) is 15.4. The van der Waals surface area contributed by atoms with Gasteiger partial charge >= 0.3 is 0 Å². The number of hydrogen-bond acceptors (Lipinski definition) is 4. The second-order valence-corrected chi connectivity index (χ2v) is 7.08. The van der Waals surface area contributed by atoms with Gasteiger partial charge in [0.1, 0.15) is 0 Å². The average molecular weight is 520 g/mol. The third-order valence-corrected chi connectivity index (χ3v) is 4.87. The predicted molar refractivity (Wildman–Crippen MR) is 134 cm³/mol. The first-order valence-corrected chi connectivity index (χ1v) is 10.3. The highest BCUT2D eigenvalue weighted by atomic mass is 127. The number of ether oxygens (including phenoxy) is 2. The van der Waals surface area contributed by atoms with Crippen LogP contribution in [0.4, 0.5) is 11.4 Å². The van der Waals surface area contributed by atoms with Crippen molar-refractivity contribution in [2.24, 2.45) is 4.99 Å². The number of guanidine groups is 1. The summed E-state index contributed by atoms with van der Waals surface area (Å²) in [5, 5.41) is 6.68. The van der Waals surface area contributed by atoms with E-state index < -0.39 is 0 Å². The van der Waals surface area contributed by atoms with Crippen LogP contribution in [0, 0.1) is 0 Å². The van der Waals surface area contributed by atoms with Gasteiger partial charge < -0.3 is 25.0 Å². The molecule has 2 aromatic carbocycles. The Kier molecular flexibility index (Phi) is 8.24. The third kappa shape index (κ3) is 5.81. The molecule has 2 aromatic rings. The molecule has 7 heteroatoms. The number of anilines is 2. The van der Waals surface area contributed by atoms with Gasteiger partial charge in [-0.3, -0.25) is 0 Å². The minimum atomic E-state index is 0. The number of rotatable bonds is 5. The van der Waals surface area contributed by atoms with Gasteiger partial charge in [0.15, 0.2) is 17.5 Å². The molecule has 0 atom stereocenters. The Bertz CT molecular complexity index is 893. The summed E-state index contributed by atoms with van der Waals surface area (Å²) in [6, 6.07) is 14.5. The fourth-order valence-corrected chi connectivity index (χ4v) is 3.40. The van der Waals surface area contributed by atoms with Gasteiger partial charge in [-0.25, -0.2) is 4.99 Å². The van der Waals surface area contributed by atoms with Crippen molar-refractivity contribution in [1.82, 2.24) is 5.32 Å². The van der Waals surface area contributed by atoms with Crippen LogP contribution in [0.3, 0.4) is 0 Å². The number of halogens is 1. The van der Waals surface area contributed by atoms with Gasteiger partial charge in [0.05, 0.1) is 19.8 Å². The topological polar surface area (TPSA) is 58.1 Å². The van der Waals surface area contributed by atoms with E-state index in [1.807, 2.05) is 18.2 Å². The molecule has 0 spiro atoms. The minimum Gasteiger partial charge on any atom is -0.490 e. The molecule has 0 unspecified atom stereocenters. The van der Waals surface area contributed by atoms with Gasteiger partial charge in [-0.05, 0) is 36.8 Å². The van der Waals surface area contributed by atoms with Crippen LogP contribution >= 0.6 is 24.0 Å². The van der Waals surface area contributed by atoms with Gasteiger partial charge in [0.25, 0.3) is 0 Å². The molecular formula is C23H29IN4O2. The zero-order valence-corrected chi connectivity index (χ0v) is 19.6. The van der Waals surface area contributed by atoms with E-state index in [1.165, 1.54) is 11.3 Å². The van der Waals surface area contributed by atoms with Crippen LogP contribution in [0.2, 0.25) is 0 Å². The van der Waals surface area contributed by atoms with E-state index in [9.17, 15) is 0 Å². The molecule has 0 fully saturated rings. The molecule has 0 aliphatic carbocycles. The quantitative estimate of drug-likeness (QED) is 0.265. The summed E-state index contributed by atoms with van der Waals surface area (Å²) in [5.41, 5.74) is 3.35. The van der Waals surface area contributed by atoms with Crippen molar-refractivity contribution in [1.29, 1.82) is 0 Å². The highest BCUT2D eigenvalue weighted by Crippen LogP contribution is 2.32. The first-order valence-electron chi connectivity index (χ1n) is 10.3. The van der Waals surface area contributed by atoms with Crippen LogP contribution < -0.4 is 25.0 Å². The van der Waals surface area contributed by atoms with Crippen molar-refractivity contribution in [3.63, 3.8) is 0 Å². The summed E-state index contributed by atoms with van der Waals surface area (Å²) < 4.78 is 11.5. The second kappa shape index (κ2) is 11.1. The van der Waals surface area contributed by atoms with Gasteiger partial charge in [-0.15, -0.1) is 24.0 Å². The molecule has 0 amide bonds. The zero-order valence-electron chi connectivity index (χ0n) is 17.3. The monoisotopic (exact) mass is 520 g/mol. The van der Waals surface area contributed by atoms with Crippen LogP contribution in [0.25, 0.3) is 0 Å². The SMILES string of the molecule is CCNC(=NCc1cccc(N2CC=CC2)c1)Nc1ccc2c(c1)OCCCO2.I. The van der Waals surface area contributed by atoms with E-state index in [4.69, 9.17) is 14.5 Å². The van der Waals surface area contributed by atoms with Crippen LogP contribution in [-0.2, 0) is 6.54 Å². The lowest BCUT2D eigenvalue weighted by atomic mass is 10.2. The fraction of sp³-hybridized carbons (Fsp3) is 0.348. The average Bonchev–Trinajstić information content (AvgIpc) is 3.19. The third-order valence-electron chi connectivity index (χ3n) is 4.87. The van der Waals surface area contributed by atoms with Crippen molar-refractivity contribution in [3.8, 4) is 11.5 Å². The number of nitrogens with zero attached hydrogens (tertiary/aromatic N) is 2. The largest absolute Gasteiger partial charge is 0.490 e. The number of nitrogens with one attached hydrogen (secondary N) is 2.